The molecule has 0 aliphatic carbocycles. The van der Waals surface area contributed by atoms with Crippen LogP contribution >= 0.6 is 0 Å². The summed E-state index contributed by atoms with van der Waals surface area (Å²) in [5.74, 6) is 2.16. The smallest absolute Gasteiger partial charge is 0.160 e. The second-order valence-corrected chi connectivity index (χ2v) is 8.16. The van der Waals surface area contributed by atoms with Crippen LogP contribution in [0.1, 0.15) is 11.1 Å². The van der Waals surface area contributed by atoms with Crippen molar-refractivity contribution in [2.45, 2.75) is 12.8 Å². The Kier molecular flexibility index (Phi) is 17.0. The maximum atomic E-state index is 10.1. The van der Waals surface area contributed by atoms with Crippen LogP contribution in [0.2, 0.25) is 0 Å². The molecule has 0 bridgehead atoms. The lowest BCUT2D eigenvalue weighted by Gasteiger charge is -2.11. The second kappa shape index (κ2) is 20.4. The summed E-state index contributed by atoms with van der Waals surface area (Å²) in [5.41, 5.74) is 2.09. The van der Waals surface area contributed by atoms with Crippen LogP contribution in [-0.2, 0) is 36.5 Å². The zero-order valence-corrected chi connectivity index (χ0v) is 22.5. The van der Waals surface area contributed by atoms with Crippen LogP contribution in [0.5, 0.6) is 23.0 Å². The minimum Gasteiger partial charge on any atom is -0.508 e. The van der Waals surface area contributed by atoms with Gasteiger partial charge in [0.25, 0.3) is 0 Å². The number of aliphatic hydroxyl groups excluding tert-OH is 1. The van der Waals surface area contributed by atoms with Gasteiger partial charge in [-0.1, -0.05) is 6.07 Å². The minimum atomic E-state index is 0.0199. The summed E-state index contributed by atoms with van der Waals surface area (Å²) < 4.78 is 43.2. The third-order valence-corrected chi connectivity index (χ3v) is 5.32. The van der Waals surface area contributed by atoms with E-state index in [9.17, 15) is 5.11 Å². The first-order valence-corrected chi connectivity index (χ1v) is 12.8. The molecule has 214 valence electrons. The fourth-order valence-corrected chi connectivity index (χ4v) is 3.46. The van der Waals surface area contributed by atoms with Crippen molar-refractivity contribution in [1.82, 2.24) is 0 Å². The first kappa shape index (κ1) is 31.6. The molecule has 0 fully saturated rings. The van der Waals surface area contributed by atoms with Crippen LogP contribution in [0.4, 0.5) is 0 Å². The van der Waals surface area contributed by atoms with Crippen LogP contribution in [0, 0.1) is 0 Å². The van der Waals surface area contributed by atoms with Crippen LogP contribution in [0.15, 0.2) is 36.4 Å². The van der Waals surface area contributed by atoms with Gasteiger partial charge in [-0.2, -0.15) is 0 Å². The Hall–Kier alpha value is -2.60. The highest BCUT2D eigenvalue weighted by Gasteiger charge is 2.07. The average molecular weight is 539 g/mol. The maximum Gasteiger partial charge on any atom is 0.160 e. The molecule has 0 aliphatic rings. The molecule has 2 N–H and O–H groups in total. The molecule has 0 unspecified atom stereocenters. The van der Waals surface area contributed by atoms with Gasteiger partial charge in [0.05, 0.1) is 86.9 Å². The Bertz CT molecular complexity index is 877. The van der Waals surface area contributed by atoms with E-state index < -0.39 is 0 Å². The molecule has 10 nitrogen and oxygen atoms in total. The van der Waals surface area contributed by atoms with Crippen molar-refractivity contribution in [1.29, 1.82) is 0 Å². The standard InChI is InChI=1S/C28H42O10/c1-31-27-6-5-23(21-28(27)32-2)3-4-24-19-25(30)22-26(20-24)38-18-17-37-16-15-36-14-13-35-12-11-34-10-9-33-8-7-29/h5-6,19-22,29-30H,3-4,7-18H2,1-2H3. The first-order chi connectivity index (χ1) is 18.7. The number of aryl methyl sites for hydroxylation is 2. The van der Waals surface area contributed by atoms with E-state index in [-0.39, 0.29) is 12.4 Å². The Morgan fingerprint density at radius 2 is 1.08 bits per heavy atom. The second-order valence-electron chi connectivity index (χ2n) is 8.16. The molecule has 0 saturated heterocycles. The number of methoxy groups -OCH3 is 2. The molecule has 0 aromatic heterocycles. The van der Waals surface area contributed by atoms with Gasteiger partial charge >= 0.3 is 0 Å². The number of ether oxygens (including phenoxy) is 8. The Morgan fingerprint density at radius 3 is 1.63 bits per heavy atom. The predicted octanol–water partition coefficient (Wildman–Crippen LogP) is 2.65. The average Bonchev–Trinajstić information content (AvgIpc) is 2.93. The molecule has 2 rings (SSSR count). The van der Waals surface area contributed by atoms with Gasteiger partial charge in [0.1, 0.15) is 18.1 Å². The van der Waals surface area contributed by atoms with Gasteiger partial charge in [-0.25, -0.2) is 0 Å². The SMILES string of the molecule is COc1ccc(CCc2cc(O)cc(OCCOCCOCCOCCOCCOCCO)c2)cc1OC. The van der Waals surface area contributed by atoms with E-state index in [1.807, 2.05) is 24.3 Å². The van der Waals surface area contributed by atoms with Gasteiger partial charge in [0.2, 0.25) is 0 Å². The Morgan fingerprint density at radius 1 is 0.553 bits per heavy atom. The highest BCUT2D eigenvalue weighted by atomic mass is 16.6. The number of benzene rings is 2. The lowest BCUT2D eigenvalue weighted by molar-refractivity contribution is -0.0146. The summed E-state index contributed by atoms with van der Waals surface area (Å²) in [6.45, 7) is 4.94. The largest absolute Gasteiger partial charge is 0.508 e. The quantitative estimate of drug-likeness (QED) is 0.205. The highest BCUT2D eigenvalue weighted by Crippen LogP contribution is 2.28. The van der Waals surface area contributed by atoms with E-state index in [0.29, 0.717) is 89.9 Å². The van der Waals surface area contributed by atoms with Gasteiger partial charge in [-0.05, 0) is 48.2 Å². The topological polar surface area (TPSA) is 114 Å². The molecular weight excluding hydrogens is 496 g/mol. The molecule has 2 aromatic carbocycles. The summed E-state index contributed by atoms with van der Waals surface area (Å²) in [6.07, 6.45) is 1.53. The van der Waals surface area contributed by atoms with Crippen LogP contribution < -0.4 is 14.2 Å². The van der Waals surface area contributed by atoms with E-state index in [4.69, 9.17) is 43.0 Å². The Labute approximate surface area is 225 Å². The van der Waals surface area contributed by atoms with E-state index in [0.717, 1.165) is 24.0 Å². The van der Waals surface area contributed by atoms with Gasteiger partial charge < -0.3 is 48.1 Å². The van der Waals surface area contributed by atoms with Crippen LogP contribution in [0.25, 0.3) is 0 Å². The molecule has 0 amide bonds. The van der Waals surface area contributed by atoms with Crippen molar-refractivity contribution < 1.29 is 48.1 Å². The summed E-state index contributed by atoms with van der Waals surface area (Å²) >= 11 is 0. The van der Waals surface area contributed by atoms with Gasteiger partial charge in [-0.15, -0.1) is 0 Å². The number of aromatic hydroxyl groups is 1. The van der Waals surface area contributed by atoms with E-state index >= 15 is 0 Å². The fraction of sp³-hybridized carbons (Fsp3) is 0.571. The molecule has 0 heterocycles. The normalized spacial score (nSPS) is 11.0. The third kappa shape index (κ3) is 13.8. The zero-order valence-electron chi connectivity index (χ0n) is 22.5. The van der Waals surface area contributed by atoms with Crippen molar-refractivity contribution in [3.8, 4) is 23.0 Å². The number of phenols is 1. The van der Waals surface area contributed by atoms with Crippen molar-refractivity contribution in [2.24, 2.45) is 0 Å². The lowest BCUT2D eigenvalue weighted by atomic mass is 10.0. The molecule has 0 atom stereocenters. The number of hydrogen-bond donors (Lipinski definition) is 2. The number of phenolic OH excluding ortho intramolecular Hbond substituents is 1. The van der Waals surface area contributed by atoms with Crippen LogP contribution in [0.3, 0.4) is 0 Å². The molecule has 0 saturated carbocycles. The van der Waals surface area contributed by atoms with Crippen molar-refractivity contribution in [2.75, 3.05) is 93.5 Å². The Balaban J connectivity index is 1.51. The first-order valence-electron chi connectivity index (χ1n) is 12.8. The molecular formula is C28H42O10. The summed E-state index contributed by atoms with van der Waals surface area (Å²) in [5, 5.41) is 18.7. The van der Waals surface area contributed by atoms with E-state index in [2.05, 4.69) is 0 Å². The number of hydrogen-bond acceptors (Lipinski definition) is 10. The van der Waals surface area contributed by atoms with Crippen molar-refractivity contribution >= 4 is 0 Å². The number of rotatable bonds is 23. The lowest BCUT2D eigenvalue weighted by Crippen LogP contribution is -2.14. The molecule has 38 heavy (non-hydrogen) atoms. The van der Waals surface area contributed by atoms with Gasteiger partial charge in [0, 0.05) is 6.07 Å². The summed E-state index contributed by atoms with van der Waals surface area (Å²) in [6, 6.07) is 11.1. The molecule has 0 radical (unpaired) electrons. The highest BCUT2D eigenvalue weighted by molar-refractivity contribution is 5.43. The molecule has 10 heteroatoms. The van der Waals surface area contributed by atoms with Gasteiger partial charge in [0.15, 0.2) is 11.5 Å². The van der Waals surface area contributed by atoms with E-state index in [1.54, 1.807) is 26.4 Å². The van der Waals surface area contributed by atoms with Crippen LogP contribution in [-0.4, -0.2) is 104 Å². The third-order valence-electron chi connectivity index (χ3n) is 5.32. The summed E-state index contributed by atoms with van der Waals surface area (Å²) in [7, 11) is 3.23. The maximum absolute atomic E-state index is 10.1. The molecule has 0 aliphatic heterocycles. The molecule has 0 spiro atoms. The molecule has 2 aromatic rings. The van der Waals surface area contributed by atoms with Gasteiger partial charge in [-0.3, -0.25) is 0 Å². The minimum absolute atomic E-state index is 0.0199. The summed E-state index contributed by atoms with van der Waals surface area (Å²) in [4.78, 5) is 0. The van der Waals surface area contributed by atoms with E-state index in [1.165, 1.54) is 0 Å². The monoisotopic (exact) mass is 538 g/mol. The number of aliphatic hydroxyl groups is 1. The van der Waals surface area contributed by atoms with Crippen molar-refractivity contribution in [3.63, 3.8) is 0 Å². The van der Waals surface area contributed by atoms with Crippen molar-refractivity contribution in [3.05, 3.63) is 47.5 Å². The zero-order chi connectivity index (χ0) is 27.3. The fourth-order valence-electron chi connectivity index (χ4n) is 3.46. The predicted molar refractivity (Wildman–Crippen MR) is 142 cm³/mol.